The standard InChI is InChI=1S/3C4H9.C2H5O3Si.Sn/c3*1-3-4-2;1-2-5-6(3)4;/h3*1,3-4H2,2H3;2H2,1H3;/q;;;-1;+1. The van der Waals surface area contributed by atoms with Gasteiger partial charge in [-0.2, -0.15) is 0 Å². The van der Waals surface area contributed by atoms with Gasteiger partial charge in [-0.25, -0.2) is 0 Å². The number of hydrogen-bond acceptors (Lipinski definition) is 3. The van der Waals surface area contributed by atoms with Gasteiger partial charge in [0.25, 0.3) is 0 Å². The third-order valence-corrected chi connectivity index (χ3v) is 12.5. The van der Waals surface area contributed by atoms with Crippen molar-refractivity contribution in [2.75, 3.05) is 6.61 Å². The number of hydrogen-bond donors (Lipinski definition) is 0. The van der Waals surface area contributed by atoms with Crippen LogP contribution in [0.2, 0.25) is 13.3 Å². The van der Waals surface area contributed by atoms with E-state index in [1.54, 1.807) is 20.2 Å². The summed E-state index contributed by atoms with van der Waals surface area (Å²) in [5.74, 6) is 0. The van der Waals surface area contributed by atoms with E-state index >= 15 is 0 Å². The summed E-state index contributed by atoms with van der Waals surface area (Å²) in [5.41, 5.74) is 0. The van der Waals surface area contributed by atoms with Crippen LogP contribution in [-0.4, -0.2) is 35.5 Å². The molecular weight excluding hydrogens is 363 g/mol. The molecule has 0 N–H and O–H groups in total. The van der Waals surface area contributed by atoms with Crippen molar-refractivity contribution in [2.24, 2.45) is 0 Å². The first-order chi connectivity index (χ1) is 9.12. The van der Waals surface area contributed by atoms with Gasteiger partial charge in [-0.1, -0.05) is 0 Å². The Kier molecular flexibility index (Phi) is 21.0. The molecule has 0 aliphatic rings. The molecule has 0 unspecified atom stereocenters. The Labute approximate surface area is 128 Å². The van der Waals surface area contributed by atoms with Gasteiger partial charge >= 0.3 is 102 Å². The largest absolute Gasteiger partial charge is 0.588 e. The molecule has 0 aromatic rings. The Morgan fingerprint density at radius 2 is 1.26 bits per heavy atom. The second-order valence-electron chi connectivity index (χ2n) is 4.74. The van der Waals surface area contributed by atoms with Gasteiger partial charge in [0, 0.05) is 6.61 Å². The van der Waals surface area contributed by atoms with Crippen molar-refractivity contribution in [1.82, 2.24) is 0 Å². The molecule has 114 valence electrons. The van der Waals surface area contributed by atoms with E-state index in [-0.39, 0.29) is 6.61 Å². The monoisotopic (exact) mass is 396 g/mol. The van der Waals surface area contributed by atoms with Gasteiger partial charge in [-0.05, 0) is 6.92 Å². The molecule has 0 spiro atoms. The Balaban J connectivity index is 0. The summed E-state index contributed by atoms with van der Waals surface area (Å²) in [4.78, 5) is 9.45. The smallest absolute Gasteiger partial charge is 0.413 e. The Morgan fingerprint density at radius 1 is 0.895 bits per heavy atom. The van der Waals surface area contributed by atoms with E-state index in [1.165, 1.54) is 38.5 Å². The Morgan fingerprint density at radius 3 is 1.42 bits per heavy atom. The van der Waals surface area contributed by atoms with Gasteiger partial charge < -0.3 is 13.7 Å². The van der Waals surface area contributed by atoms with Crippen molar-refractivity contribution in [1.29, 1.82) is 0 Å². The molecule has 0 radical (unpaired) electrons. The van der Waals surface area contributed by atoms with Crippen molar-refractivity contribution >= 4 is 28.9 Å². The molecule has 0 aliphatic heterocycles. The summed E-state index contributed by atoms with van der Waals surface area (Å²) in [7, 11) is -2.89. The first-order valence-electron chi connectivity index (χ1n) is 7.79. The second-order valence-corrected chi connectivity index (χ2v) is 14.1. The van der Waals surface area contributed by atoms with Gasteiger partial charge in [-0.3, -0.25) is 0 Å². The second kappa shape index (κ2) is 18.4. The summed E-state index contributed by atoms with van der Waals surface area (Å²) >= 11 is -0.839. The Bertz CT molecular complexity index is 173. The molecule has 0 heterocycles. The van der Waals surface area contributed by atoms with Crippen molar-refractivity contribution < 1.29 is 13.7 Å². The molecule has 19 heavy (non-hydrogen) atoms. The molecule has 0 aromatic carbocycles. The van der Waals surface area contributed by atoms with Gasteiger partial charge in [0.1, 0.15) is 0 Å². The molecule has 0 amide bonds. The van der Waals surface area contributed by atoms with Crippen LogP contribution in [0.15, 0.2) is 0 Å². The average Bonchev–Trinajstić information content (AvgIpc) is 2.38. The van der Waals surface area contributed by atoms with E-state index in [1.807, 2.05) is 0 Å². The van der Waals surface area contributed by atoms with E-state index in [0.29, 0.717) is 0 Å². The zero-order valence-corrected chi connectivity index (χ0v) is 17.1. The van der Waals surface area contributed by atoms with Gasteiger partial charge in [0.2, 0.25) is 0 Å². The molecule has 0 aromatic heterocycles. The van der Waals surface area contributed by atoms with Crippen LogP contribution in [0, 0.1) is 0 Å². The quantitative estimate of drug-likeness (QED) is 0.502. The van der Waals surface area contributed by atoms with E-state index in [9.17, 15) is 9.26 Å². The molecule has 0 saturated carbocycles. The summed E-state index contributed by atoms with van der Waals surface area (Å²) < 4.78 is 18.5. The zero-order chi connectivity index (χ0) is 14.9. The minimum Gasteiger partial charge on any atom is -0.588 e. The van der Waals surface area contributed by atoms with Crippen LogP contribution in [-0.2, 0) is 8.89 Å². The fourth-order valence-corrected chi connectivity index (χ4v) is 11.5. The third kappa shape index (κ3) is 20.9. The Hall–Kier alpha value is 0.416. The first kappa shape index (κ1) is 21.7. The van der Waals surface area contributed by atoms with Gasteiger partial charge in [-0.15, -0.1) is 0 Å². The molecule has 0 atom stereocenters. The van der Waals surface area contributed by atoms with Crippen LogP contribution in [0.4, 0.5) is 0 Å². The maximum absolute atomic E-state index is 9.45. The van der Waals surface area contributed by atoms with E-state index in [0.717, 1.165) is 0 Å². The van der Waals surface area contributed by atoms with Crippen molar-refractivity contribution in [3.05, 3.63) is 0 Å². The maximum Gasteiger partial charge on any atom is 0.413 e. The van der Waals surface area contributed by atoms with Gasteiger partial charge in [0.05, 0.1) is 0 Å². The molecule has 5 heteroatoms. The first-order valence-corrected chi connectivity index (χ1v) is 15.1. The molecule has 0 aliphatic carbocycles. The molecular formula is C14H32O3SiSn. The van der Waals surface area contributed by atoms with Crippen LogP contribution in [0.3, 0.4) is 0 Å². The zero-order valence-electron chi connectivity index (χ0n) is 13.3. The molecule has 0 fully saturated rings. The molecule has 0 rings (SSSR count). The summed E-state index contributed by atoms with van der Waals surface area (Å²) in [6, 6.07) is 0. The topological polar surface area (TPSA) is 49.4 Å². The molecule has 0 bridgehead atoms. The van der Waals surface area contributed by atoms with E-state index in [2.05, 4.69) is 25.2 Å². The average molecular weight is 395 g/mol. The van der Waals surface area contributed by atoms with Crippen molar-refractivity contribution in [3.63, 3.8) is 0 Å². The van der Waals surface area contributed by atoms with Crippen LogP contribution in [0.25, 0.3) is 0 Å². The number of unbranched alkanes of at least 4 members (excludes halogenated alkanes) is 3. The molecule has 0 saturated heterocycles. The summed E-state index contributed by atoms with van der Waals surface area (Å²) in [6.07, 6.45) is 8.85. The minimum absolute atomic E-state index is 0.251. The predicted molar refractivity (Wildman–Crippen MR) is 83.0 cm³/mol. The van der Waals surface area contributed by atoms with Crippen LogP contribution >= 0.6 is 0 Å². The fourth-order valence-electron chi connectivity index (χ4n) is 1.77. The van der Waals surface area contributed by atoms with Crippen molar-refractivity contribution in [2.45, 2.75) is 79.5 Å². The van der Waals surface area contributed by atoms with Gasteiger partial charge in [0.15, 0.2) is 0 Å². The molecule has 3 nitrogen and oxygen atoms in total. The van der Waals surface area contributed by atoms with Crippen LogP contribution in [0.1, 0.15) is 66.2 Å². The maximum atomic E-state index is 9.45. The van der Waals surface area contributed by atoms with Crippen molar-refractivity contribution in [3.8, 4) is 0 Å². The minimum atomic E-state index is -2.89. The third-order valence-electron chi connectivity index (χ3n) is 2.91. The fraction of sp³-hybridized carbons (Fsp3) is 1.00. The number of rotatable bonds is 11. The summed E-state index contributed by atoms with van der Waals surface area (Å²) in [5, 5.41) is 0. The van der Waals surface area contributed by atoms with Crippen LogP contribution in [0.5, 0.6) is 0 Å². The van der Waals surface area contributed by atoms with Crippen LogP contribution < -0.4 is 4.80 Å². The van der Waals surface area contributed by atoms with E-state index in [4.69, 9.17) is 0 Å². The van der Waals surface area contributed by atoms with E-state index < -0.39 is 28.9 Å². The normalized spacial score (nSPS) is 9.47. The summed E-state index contributed by atoms with van der Waals surface area (Å²) in [6.45, 7) is 8.88. The SMILES string of the molecule is CCC[CH2][Sn+]([CH2]CCC)[CH2]CCC.CCO[Si](=O)[O-]. The predicted octanol–water partition coefficient (Wildman–Crippen LogP) is 3.68.